The van der Waals surface area contributed by atoms with Crippen LogP contribution in [0.5, 0.6) is 0 Å². The Labute approximate surface area is 108 Å². The lowest BCUT2D eigenvalue weighted by atomic mass is 9.86. The van der Waals surface area contributed by atoms with E-state index >= 15 is 0 Å². The highest BCUT2D eigenvalue weighted by Crippen LogP contribution is 2.46. The Hall–Kier alpha value is 0.690. The Morgan fingerprint density at radius 3 is 2.27 bits per heavy atom. The van der Waals surface area contributed by atoms with E-state index in [4.69, 9.17) is 4.74 Å². The third-order valence-corrected chi connectivity index (χ3v) is 5.31. The zero-order valence-electron chi connectivity index (χ0n) is 10.7. The van der Waals surface area contributed by atoms with Crippen LogP contribution in [0.4, 0.5) is 0 Å². The van der Waals surface area contributed by atoms with E-state index in [-0.39, 0.29) is 5.60 Å². The van der Waals surface area contributed by atoms with Gasteiger partial charge in [0.25, 0.3) is 0 Å². The third-order valence-electron chi connectivity index (χ3n) is 4.07. The molecule has 0 saturated carbocycles. The van der Waals surface area contributed by atoms with E-state index in [9.17, 15) is 0 Å². The number of rotatable bonds is 6. The number of hydrogen-bond donors (Lipinski definition) is 0. The maximum absolute atomic E-state index is 5.86. The van der Waals surface area contributed by atoms with Crippen LogP contribution >= 0.6 is 22.6 Å². The molecule has 0 aliphatic carbocycles. The summed E-state index contributed by atoms with van der Waals surface area (Å²) in [6.07, 6.45) is 4.41. The average Bonchev–Trinajstić information content (AvgIpc) is 2.79. The zero-order chi connectivity index (χ0) is 11.6. The smallest absolute Gasteiger partial charge is 0.103 e. The van der Waals surface area contributed by atoms with Gasteiger partial charge in [-0.3, -0.25) is 0 Å². The molecule has 0 aromatic carbocycles. The molecular weight excluding hydrogens is 299 g/mol. The van der Waals surface area contributed by atoms with Crippen molar-refractivity contribution in [2.24, 2.45) is 11.8 Å². The predicted molar refractivity (Wildman–Crippen MR) is 74.6 cm³/mol. The molecular formula is C13H25IO. The van der Waals surface area contributed by atoms with Crippen molar-refractivity contribution in [2.75, 3.05) is 0 Å². The molecule has 0 amide bonds. The SMILES string of the molecule is CCC[C@@H](C)[C@@H](C)C[C@@H]1O[C@]1(C)[C@@H](C)I. The van der Waals surface area contributed by atoms with Gasteiger partial charge >= 0.3 is 0 Å². The molecule has 1 aliphatic heterocycles. The van der Waals surface area contributed by atoms with E-state index in [2.05, 4.69) is 57.2 Å². The number of halogens is 1. The highest BCUT2D eigenvalue weighted by molar-refractivity contribution is 14.1. The van der Waals surface area contributed by atoms with Crippen molar-refractivity contribution in [3.05, 3.63) is 0 Å². The van der Waals surface area contributed by atoms with Crippen LogP contribution in [0.2, 0.25) is 0 Å². The maximum Gasteiger partial charge on any atom is 0.103 e. The summed E-state index contributed by atoms with van der Waals surface area (Å²) in [5.74, 6) is 1.64. The standard InChI is InChI=1S/C13H25IO/c1-6-7-9(2)10(3)8-12-13(5,15-12)11(4)14/h9-12H,6-8H2,1-5H3/t9-,10+,11-,12+,13-/m1/s1. The van der Waals surface area contributed by atoms with Crippen molar-refractivity contribution in [3.8, 4) is 0 Å². The van der Waals surface area contributed by atoms with Gasteiger partial charge in [0.1, 0.15) is 5.60 Å². The van der Waals surface area contributed by atoms with Gasteiger partial charge in [0.2, 0.25) is 0 Å². The first-order chi connectivity index (χ1) is 6.91. The van der Waals surface area contributed by atoms with Crippen LogP contribution in [0.1, 0.15) is 53.9 Å². The highest BCUT2D eigenvalue weighted by atomic mass is 127. The monoisotopic (exact) mass is 324 g/mol. The van der Waals surface area contributed by atoms with E-state index in [1.165, 1.54) is 19.3 Å². The van der Waals surface area contributed by atoms with Gasteiger partial charge in [0.15, 0.2) is 0 Å². The molecule has 90 valence electrons. The van der Waals surface area contributed by atoms with Crippen molar-refractivity contribution in [1.82, 2.24) is 0 Å². The zero-order valence-corrected chi connectivity index (χ0v) is 12.9. The number of epoxide rings is 1. The van der Waals surface area contributed by atoms with Gasteiger partial charge < -0.3 is 4.74 Å². The Morgan fingerprint density at radius 2 is 1.87 bits per heavy atom. The second-order valence-electron chi connectivity index (χ2n) is 5.39. The van der Waals surface area contributed by atoms with Crippen LogP contribution in [-0.4, -0.2) is 15.6 Å². The Kier molecular flexibility index (Phi) is 4.90. The normalized spacial score (nSPS) is 36.0. The van der Waals surface area contributed by atoms with E-state index in [0.29, 0.717) is 10.0 Å². The van der Waals surface area contributed by atoms with Gasteiger partial charge in [0, 0.05) is 3.92 Å². The van der Waals surface area contributed by atoms with Crippen LogP contribution in [0, 0.1) is 11.8 Å². The Bertz CT molecular complexity index is 205. The maximum atomic E-state index is 5.86. The molecule has 0 spiro atoms. The molecule has 1 aliphatic rings. The lowest BCUT2D eigenvalue weighted by molar-refractivity contribution is 0.275. The lowest BCUT2D eigenvalue weighted by Crippen LogP contribution is -2.22. The first-order valence-corrected chi connectivity index (χ1v) is 7.48. The van der Waals surface area contributed by atoms with Crippen molar-refractivity contribution in [3.63, 3.8) is 0 Å². The van der Waals surface area contributed by atoms with Gasteiger partial charge in [-0.1, -0.05) is 63.1 Å². The van der Waals surface area contributed by atoms with Gasteiger partial charge in [0.05, 0.1) is 6.10 Å². The first-order valence-electron chi connectivity index (χ1n) is 6.23. The predicted octanol–water partition coefficient (Wildman–Crippen LogP) is 4.43. The fourth-order valence-corrected chi connectivity index (χ4v) is 2.76. The molecule has 0 aromatic rings. The molecule has 2 heteroatoms. The minimum Gasteiger partial charge on any atom is -0.365 e. The number of hydrogen-bond acceptors (Lipinski definition) is 1. The minimum atomic E-state index is 0.167. The third kappa shape index (κ3) is 3.32. The van der Waals surface area contributed by atoms with E-state index in [0.717, 1.165) is 11.8 Å². The molecule has 1 nitrogen and oxygen atoms in total. The molecule has 0 radical (unpaired) electrons. The largest absolute Gasteiger partial charge is 0.365 e. The summed E-state index contributed by atoms with van der Waals surface area (Å²) in [5, 5.41) is 0. The molecule has 1 saturated heterocycles. The average molecular weight is 324 g/mol. The van der Waals surface area contributed by atoms with Crippen LogP contribution < -0.4 is 0 Å². The first kappa shape index (κ1) is 13.8. The van der Waals surface area contributed by atoms with E-state index in [1.54, 1.807) is 0 Å². The molecule has 0 aromatic heterocycles. The molecule has 0 unspecified atom stereocenters. The van der Waals surface area contributed by atoms with Gasteiger partial charge in [-0.2, -0.15) is 0 Å². The fourth-order valence-electron chi connectivity index (χ4n) is 2.21. The Morgan fingerprint density at radius 1 is 1.27 bits per heavy atom. The van der Waals surface area contributed by atoms with Crippen molar-refractivity contribution in [1.29, 1.82) is 0 Å². The summed E-state index contributed by atoms with van der Waals surface area (Å²) in [7, 11) is 0. The van der Waals surface area contributed by atoms with Crippen LogP contribution in [-0.2, 0) is 4.74 Å². The fraction of sp³-hybridized carbons (Fsp3) is 1.00. The second kappa shape index (κ2) is 5.35. The summed E-state index contributed by atoms with van der Waals surface area (Å²) in [6.45, 7) is 11.5. The van der Waals surface area contributed by atoms with E-state index in [1.807, 2.05) is 0 Å². The molecule has 1 fully saturated rings. The van der Waals surface area contributed by atoms with Crippen LogP contribution in [0.3, 0.4) is 0 Å². The molecule has 15 heavy (non-hydrogen) atoms. The van der Waals surface area contributed by atoms with Gasteiger partial charge in [-0.15, -0.1) is 0 Å². The second-order valence-corrected chi connectivity index (χ2v) is 7.25. The lowest BCUT2D eigenvalue weighted by Gasteiger charge is -2.19. The number of alkyl halides is 1. The quantitative estimate of drug-likeness (QED) is 0.400. The van der Waals surface area contributed by atoms with Crippen molar-refractivity contribution >= 4 is 22.6 Å². The van der Waals surface area contributed by atoms with Gasteiger partial charge in [-0.25, -0.2) is 0 Å². The molecule has 1 rings (SSSR count). The summed E-state index contributed by atoms with van der Waals surface area (Å²) in [5.41, 5.74) is 0.167. The topological polar surface area (TPSA) is 12.5 Å². The molecule has 5 atom stereocenters. The van der Waals surface area contributed by atoms with E-state index < -0.39 is 0 Å². The summed E-state index contributed by atoms with van der Waals surface area (Å²) in [4.78, 5) is 0. The number of ether oxygens (including phenoxy) is 1. The van der Waals surface area contributed by atoms with Crippen molar-refractivity contribution < 1.29 is 4.74 Å². The summed E-state index contributed by atoms with van der Waals surface area (Å²) >= 11 is 2.48. The summed E-state index contributed by atoms with van der Waals surface area (Å²) < 4.78 is 6.48. The van der Waals surface area contributed by atoms with Crippen molar-refractivity contribution in [2.45, 2.75) is 69.5 Å². The molecule has 0 bridgehead atoms. The van der Waals surface area contributed by atoms with Crippen LogP contribution in [0.15, 0.2) is 0 Å². The molecule has 1 heterocycles. The Balaban J connectivity index is 2.32. The van der Waals surface area contributed by atoms with Gasteiger partial charge in [-0.05, 0) is 25.2 Å². The summed E-state index contributed by atoms with van der Waals surface area (Å²) in [6, 6.07) is 0. The minimum absolute atomic E-state index is 0.167. The highest BCUT2D eigenvalue weighted by Gasteiger charge is 2.55. The van der Waals surface area contributed by atoms with Crippen LogP contribution in [0.25, 0.3) is 0 Å². The molecule has 0 N–H and O–H groups in total.